The molecule has 0 saturated carbocycles. The summed E-state index contributed by atoms with van der Waals surface area (Å²) in [6.07, 6.45) is 2.43. The van der Waals surface area contributed by atoms with Crippen molar-refractivity contribution in [1.82, 2.24) is 9.80 Å². The van der Waals surface area contributed by atoms with Gasteiger partial charge in [-0.25, -0.2) is 4.79 Å². The topological polar surface area (TPSA) is 36.0 Å². The van der Waals surface area contributed by atoms with E-state index in [0.29, 0.717) is 19.0 Å². The van der Waals surface area contributed by atoms with Gasteiger partial charge in [0.25, 0.3) is 0 Å². The molecular formula is C23H37N3O2. The van der Waals surface area contributed by atoms with E-state index < -0.39 is 5.60 Å². The van der Waals surface area contributed by atoms with E-state index in [-0.39, 0.29) is 6.09 Å². The third-order valence-electron chi connectivity index (χ3n) is 5.64. The largest absolute Gasteiger partial charge is 0.444 e. The molecule has 0 aromatic heterocycles. The lowest BCUT2D eigenvalue weighted by atomic mass is 9.99. The molecule has 156 valence electrons. The molecular weight excluding hydrogens is 350 g/mol. The molecule has 0 unspecified atom stereocenters. The van der Waals surface area contributed by atoms with Crippen molar-refractivity contribution >= 4 is 11.8 Å². The lowest BCUT2D eigenvalue weighted by Crippen LogP contribution is -2.50. The summed E-state index contributed by atoms with van der Waals surface area (Å²) in [4.78, 5) is 19.2. The Bertz CT molecular complexity index is 667. The molecule has 0 aliphatic carbocycles. The number of nitrogens with zero attached hydrogens (tertiary/aromatic N) is 3. The zero-order valence-electron chi connectivity index (χ0n) is 18.3. The molecule has 2 heterocycles. The first-order valence-electron chi connectivity index (χ1n) is 10.8. The quantitative estimate of drug-likeness (QED) is 0.764. The van der Waals surface area contributed by atoms with E-state index in [1.807, 2.05) is 25.7 Å². The summed E-state index contributed by atoms with van der Waals surface area (Å²) in [5.41, 5.74) is 3.71. The van der Waals surface area contributed by atoms with Crippen LogP contribution in [0, 0.1) is 0 Å². The summed E-state index contributed by atoms with van der Waals surface area (Å²) in [5, 5.41) is 0. The fourth-order valence-electron chi connectivity index (χ4n) is 4.01. The predicted octanol–water partition coefficient (Wildman–Crippen LogP) is 4.46. The molecule has 5 nitrogen and oxygen atoms in total. The standard InChI is InChI=1S/C23H37N3O2/c1-18(2)19-8-9-20(17-24-10-6-7-11-24)21(16-19)25-12-14-26(15-13-25)22(27)28-23(3,4)5/h8-9,16,18H,6-7,10-15,17H2,1-5H3. The number of piperazine rings is 1. The minimum absolute atomic E-state index is 0.194. The molecule has 0 bridgehead atoms. The van der Waals surface area contributed by atoms with E-state index in [2.05, 4.69) is 41.8 Å². The van der Waals surface area contributed by atoms with E-state index in [4.69, 9.17) is 4.74 Å². The van der Waals surface area contributed by atoms with Crippen molar-refractivity contribution in [3.05, 3.63) is 29.3 Å². The van der Waals surface area contributed by atoms with Crippen molar-refractivity contribution in [1.29, 1.82) is 0 Å². The Morgan fingerprint density at radius 3 is 2.25 bits per heavy atom. The number of amides is 1. The third-order valence-corrected chi connectivity index (χ3v) is 5.64. The highest BCUT2D eigenvalue weighted by Gasteiger charge is 2.27. The average Bonchev–Trinajstić information content (AvgIpc) is 3.13. The van der Waals surface area contributed by atoms with E-state index in [9.17, 15) is 4.79 Å². The van der Waals surface area contributed by atoms with Gasteiger partial charge >= 0.3 is 6.09 Å². The smallest absolute Gasteiger partial charge is 0.410 e. The van der Waals surface area contributed by atoms with Gasteiger partial charge in [-0.05, 0) is 69.8 Å². The number of ether oxygens (including phenoxy) is 1. The zero-order chi connectivity index (χ0) is 20.3. The Morgan fingerprint density at radius 2 is 1.68 bits per heavy atom. The highest BCUT2D eigenvalue weighted by atomic mass is 16.6. The van der Waals surface area contributed by atoms with E-state index in [1.165, 1.54) is 42.7 Å². The summed E-state index contributed by atoms with van der Waals surface area (Å²) < 4.78 is 5.54. The summed E-state index contributed by atoms with van der Waals surface area (Å²) >= 11 is 0. The Morgan fingerprint density at radius 1 is 1.04 bits per heavy atom. The molecule has 1 amide bonds. The van der Waals surface area contributed by atoms with Crippen LogP contribution in [0.2, 0.25) is 0 Å². The second kappa shape index (κ2) is 8.73. The molecule has 28 heavy (non-hydrogen) atoms. The van der Waals surface area contributed by atoms with Crippen LogP contribution >= 0.6 is 0 Å². The van der Waals surface area contributed by atoms with Gasteiger partial charge in [0.1, 0.15) is 5.60 Å². The van der Waals surface area contributed by atoms with Gasteiger partial charge in [-0.15, -0.1) is 0 Å². The molecule has 3 rings (SSSR count). The molecule has 2 aliphatic heterocycles. The van der Waals surface area contributed by atoms with E-state index in [0.717, 1.165) is 19.6 Å². The summed E-state index contributed by atoms with van der Waals surface area (Å²) in [6, 6.07) is 6.99. The monoisotopic (exact) mass is 387 g/mol. The number of carbonyl (C=O) groups excluding carboxylic acids is 1. The Labute approximate surface area is 170 Å². The minimum atomic E-state index is -0.442. The molecule has 0 radical (unpaired) electrons. The lowest BCUT2D eigenvalue weighted by Gasteiger charge is -2.38. The van der Waals surface area contributed by atoms with Crippen LogP contribution in [0.15, 0.2) is 18.2 Å². The first kappa shape index (κ1) is 21.0. The third kappa shape index (κ3) is 5.40. The SMILES string of the molecule is CC(C)c1ccc(CN2CCCC2)c(N2CCN(C(=O)OC(C)(C)C)CC2)c1. The first-order valence-corrected chi connectivity index (χ1v) is 10.8. The maximum atomic E-state index is 12.4. The first-order chi connectivity index (χ1) is 13.2. The molecule has 2 saturated heterocycles. The second-order valence-electron chi connectivity index (χ2n) is 9.48. The van der Waals surface area contributed by atoms with E-state index in [1.54, 1.807) is 0 Å². The van der Waals surface area contributed by atoms with Gasteiger partial charge in [0.05, 0.1) is 0 Å². The molecule has 1 aromatic rings. The van der Waals surface area contributed by atoms with Gasteiger partial charge in [0, 0.05) is 38.4 Å². The van der Waals surface area contributed by atoms with Crippen LogP contribution in [0.1, 0.15) is 64.5 Å². The number of likely N-dealkylation sites (tertiary alicyclic amines) is 1. The number of hydrogen-bond acceptors (Lipinski definition) is 4. The van der Waals surface area contributed by atoms with E-state index >= 15 is 0 Å². The van der Waals surface area contributed by atoms with Crippen LogP contribution in [0.3, 0.4) is 0 Å². The number of anilines is 1. The number of carbonyl (C=O) groups is 1. The summed E-state index contributed by atoms with van der Waals surface area (Å²) in [5.74, 6) is 0.516. The molecule has 1 aromatic carbocycles. The number of rotatable bonds is 4. The lowest BCUT2D eigenvalue weighted by molar-refractivity contribution is 0.0240. The average molecular weight is 388 g/mol. The molecule has 5 heteroatoms. The van der Waals surface area contributed by atoms with Crippen LogP contribution in [0.4, 0.5) is 10.5 Å². The summed E-state index contributed by atoms with van der Waals surface area (Å²) in [7, 11) is 0. The highest BCUT2D eigenvalue weighted by molar-refractivity contribution is 5.69. The van der Waals surface area contributed by atoms with Crippen molar-refractivity contribution in [2.24, 2.45) is 0 Å². The fraction of sp³-hybridized carbons (Fsp3) is 0.696. The van der Waals surface area contributed by atoms with Crippen molar-refractivity contribution in [3.8, 4) is 0 Å². The zero-order valence-corrected chi connectivity index (χ0v) is 18.3. The molecule has 2 fully saturated rings. The van der Waals surface area contributed by atoms with Gasteiger partial charge in [0.2, 0.25) is 0 Å². The molecule has 0 N–H and O–H groups in total. The van der Waals surface area contributed by atoms with Gasteiger partial charge in [0.15, 0.2) is 0 Å². The maximum Gasteiger partial charge on any atom is 0.410 e. The van der Waals surface area contributed by atoms with Crippen LogP contribution in [-0.4, -0.2) is 60.8 Å². The second-order valence-corrected chi connectivity index (χ2v) is 9.48. The molecule has 2 aliphatic rings. The van der Waals surface area contributed by atoms with Gasteiger partial charge in [-0.2, -0.15) is 0 Å². The number of hydrogen-bond donors (Lipinski definition) is 0. The van der Waals surface area contributed by atoms with Gasteiger partial charge < -0.3 is 14.5 Å². The predicted molar refractivity (Wildman–Crippen MR) is 115 cm³/mol. The fourth-order valence-corrected chi connectivity index (χ4v) is 4.01. The van der Waals surface area contributed by atoms with Crippen molar-refractivity contribution in [2.75, 3.05) is 44.2 Å². The summed E-state index contributed by atoms with van der Waals surface area (Å²) in [6.45, 7) is 16.8. The molecule has 0 spiro atoms. The van der Waals surface area contributed by atoms with Crippen LogP contribution in [0.25, 0.3) is 0 Å². The van der Waals surface area contributed by atoms with Crippen molar-refractivity contribution in [3.63, 3.8) is 0 Å². The van der Waals surface area contributed by atoms with Crippen molar-refractivity contribution < 1.29 is 9.53 Å². The van der Waals surface area contributed by atoms with Crippen molar-refractivity contribution in [2.45, 2.75) is 65.5 Å². The number of benzene rings is 1. The van der Waals surface area contributed by atoms with Crippen LogP contribution < -0.4 is 4.90 Å². The van der Waals surface area contributed by atoms with Crippen LogP contribution in [0.5, 0.6) is 0 Å². The maximum absolute atomic E-state index is 12.4. The Kier molecular flexibility index (Phi) is 6.54. The molecule has 0 atom stereocenters. The minimum Gasteiger partial charge on any atom is -0.444 e. The normalized spacial score (nSPS) is 18.8. The highest BCUT2D eigenvalue weighted by Crippen LogP contribution is 2.29. The van der Waals surface area contributed by atoms with Gasteiger partial charge in [-0.3, -0.25) is 4.90 Å². The van der Waals surface area contributed by atoms with Gasteiger partial charge in [-0.1, -0.05) is 26.0 Å². The Balaban J connectivity index is 1.71. The van der Waals surface area contributed by atoms with Crippen LogP contribution in [-0.2, 0) is 11.3 Å². The Hall–Kier alpha value is -1.75.